The molecule has 0 N–H and O–H groups in total. The second-order valence-corrected chi connectivity index (χ2v) is 8.50. The monoisotopic (exact) mass is 452 g/mol. The van der Waals surface area contributed by atoms with Gasteiger partial charge in [0, 0.05) is 19.1 Å². The third-order valence-corrected chi connectivity index (χ3v) is 6.33. The van der Waals surface area contributed by atoms with E-state index in [0.717, 1.165) is 12.2 Å². The van der Waals surface area contributed by atoms with Gasteiger partial charge in [0.05, 0.1) is 13.0 Å². The summed E-state index contributed by atoms with van der Waals surface area (Å²) in [4.78, 5) is 14.2. The van der Waals surface area contributed by atoms with Crippen molar-refractivity contribution in [2.75, 3.05) is 18.6 Å². The standard InChI is InChI=1S/C17H25IO2S2/c1-4-5-6-13(2)12-20-17(19)9-10-22-14-7-8-16(21-3)15(18)11-14/h7-8,11,13H,4-6,9-10,12H2,1-3H3. The molecule has 5 heteroatoms. The molecule has 0 spiro atoms. The van der Waals surface area contributed by atoms with Gasteiger partial charge >= 0.3 is 5.97 Å². The highest BCUT2D eigenvalue weighted by Gasteiger charge is 2.08. The molecule has 0 amide bonds. The molecule has 0 saturated carbocycles. The van der Waals surface area contributed by atoms with Gasteiger partial charge in [0.25, 0.3) is 0 Å². The maximum Gasteiger partial charge on any atom is 0.306 e. The Bertz CT molecular complexity index is 466. The van der Waals surface area contributed by atoms with Gasteiger partial charge in [0.1, 0.15) is 0 Å². The molecule has 0 saturated heterocycles. The number of ether oxygens (including phenoxy) is 1. The average molecular weight is 452 g/mol. The molecule has 0 aromatic heterocycles. The third-order valence-electron chi connectivity index (χ3n) is 3.28. The minimum atomic E-state index is -0.0775. The number of halogens is 1. The van der Waals surface area contributed by atoms with Crippen molar-refractivity contribution in [1.29, 1.82) is 0 Å². The van der Waals surface area contributed by atoms with Crippen LogP contribution in [0.5, 0.6) is 0 Å². The van der Waals surface area contributed by atoms with E-state index in [0.29, 0.717) is 18.9 Å². The number of rotatable bonds is 10. The van der Waals surface area contributed by atoms with Crippen LogP contribution >= 0.6 is 46.1 Å². The molecular formula is C17H25IO2S2. The second-order valence-electron chi connectivity index (χ2n) is 5.33. The van der Waals surface area contributed by atoms with E-state index in [4.69, 9.17) is 4.74 Å². The van der Waals surface area contributed by atoms with Crippen molar-refractivity contribution in [3.05, 3.63) is 21.8 Å². The number of hydrogen-bond donors (Lipinski definition) is 0. The Morgan fingerprint density at radius 1 is 1.41 bits per heavy atom. The van der Waals surface area contributed by atoms with Gasteiger partial charge < -0.3 is 4.74 Å². The van der Waals surface area contributed by atoms with E-state index in [-0.39, 0.29) is 5.97 Å². The molecule has 0 aliphatic rings. The third kappa shape index (κ3) is 8.11. The fourth-order valence-corrected chi connectivity index (χ4v) is 4.65. The van der Waals surface area contributed by atoms with Crippen LogP contribution in [0.15, 0.2) is 28.0 Å². The Kier molecular flexibility index (Phi) is 10.7. The molecule has 0 heterocycles. The average Bonchev–Trinajstić information content (AvgIpc) is 2.51. The van der Waals surface area contributed by atoms with Crippen LogP contribution in [0.3, 0.4) is 0 Å². The molecule has 2 nitrogen and oxygen atoms in total. The molecule has 1 unspecified atom stereocenters. The Morgan fingerprint density at radius 2 is 2.18 bits per heavy atom. The minimum absolute atomic E-state index is 0.0775. The summed E-state index contributed by atoms with van der Waals surface area (Å²) in [5, 5.41) is 0. The molecule has 0 radical (unpaired) electrons. The summed E-state index contributed by atoms with van der Waals surface area (Å²) in [7, 11) is 0. The fraction of sp³-hybridized carbons (Fsp3) is 0.588. The molecule has 124 valence electrons. The number of hydrogen-bond acceptors (Lipinski definition) is 4. The predicted molar refractivity (Wildman–Crippen MR) is 106 cm³/mol. The van der Waals surface area contributed by atoms with Crippen molar-refractivity contribution in [2.24, 2.45) is 5.92 Å². The number of carbonyl (C=O) groups is 1. The van der Waals surface area contributed by atoms with Crippen LogP contribution in [0, 0.1) is 9.49 Å². The van der Waals surface area contributed by atoms with E-state index in [9.17, 15) is 4.79 Å². The Balaban J connectivity index is 2.23. The molecule has 1 aromatic rings. The molecule has 22 heavy (non-hydrogen) atoms. The van der Waals surface area contributed by atoms with Gasteiger partial charge in [-0.25, -0.2) is 0 Å². The first kappa shape index (κ1) is 20.2. The van der Waals surface area contributed by atoms with Crippen molar-refractivity contribution < 1.29 is 9.53 Å². The van der Waals surface area contributed by atoms with Crippen LogP contribution in [0.1, 0.15) is 39.5 Å². The number of carbonyl (C=O) groups excluding carboxylic acids is 1. The van der Waals surface area contributed by atoms with Crippen LogP contribution < -0.4 is 0 Å². The summed E-state index contributed by atoms with van der Waals surface area (Å²) in [6.45, 7) is 4.89. The SMILES string of the molecule is CCCCC(C)COC(=O)CCSc1ccc(SC)c(I)c1. The summed E-state index contributed by atoms with van der Waals surface area (Å²) in [5.74, 6) is 1.17. The lowest BCUT2D eigenvalue weighted by atomic mass is 10.1. The molecule has 0 aliphatic carbocycles. The zero-order valence-electron chi connectivity index (χ0n) is 13.6. The molecule has 0 bridgehead atoms. The maximum atomic E-state index is 11.7. The quantitative estimate of drug-likeness (QED) is 0.252. The summed E-state index contributed by atoms with van der Waals surface area (Å²) < 4.78 is 6.61. The van der Waals surface area contributed by atoms with Crippen LogP contribution in [0.25, 0.3) is 0 Å². The molecule has 0 aliphatic heterocycles. The fourth-order valence-electron chi connectivity index (χ4n) is 1.93. The van der Waals surface area contributed by atoms with Crippen molar-refractivity contribution in [2.45, 2.75) is 49.3 Å². The Morgan fingerprint density at radius 3 is 2.82 bits per heavy atom. The first-order valence-corrected chi connectivity index (χ1v) is 11.0. The van der Waals surface area contributed by atoms with E-state index in [2.05, 4.69) is 60.9 Å². The molecule has 1 aromatic carbocycles. The van der Waals surface area contributed by atoms with Gasteiger partial charge in [-0.3, -0.25) is 4.79 Å². The van der Waals surface area contributed by atoms with E-state index in [1.165, 1.54) is 26.2 Å². The normalized spacial score (nSPS) is 12.2. The minimum Gasteiger partial charge on any atom is -0.465 e. The van der Waals surface area contributed by atoms with Gasteiger partial charge in [0.2, 0.25) is 0 Å². The first-order valence-electron chi connectivity index (χ1n) is 7.68. The number of benzene rings is 1. The van der Waals surface area contributed by atoms with Crippen LogP contribution in [-0.4, -0.2) is 24.6 Å². The zero-order chi connectivity index (χ0) is 16.4. The Labute approximate surface area is 156 Å². The van der Waals surface area contributed by atoms with E-state index in [1.54, 1.807) is 23.5 Å². The summed E-state index contributed by atoms with van der Waals surface area (Å²) in [6.07, 6.45) is 6.11. The smallest absolute Gasteiger partial charge is 0.306 e. The molecule has 1 rings (SSSR count). The predicted octanol–water partition coefficient (Wildman–Crippen LogP) is 5.86. The summed E-state index contributed by atoms with van der Waals surface area (Å²) in [5.41, 5.74) is 0. The van der Waals surface area contributed by atoms with Crippen LogP contribution in [0.2, 0.25) is 0 Å². The van der Waals surface area contributed by atoms with Crippen molar-refractivity contribution in [1.82, 2.24) is 0 Å². The second kappa shape index (κ2) is 11.6. The highest BCUT2D eigenvalue weighted by molar-refractivity contribution is 14.1. The van der Waals surface area contributed by atoms with Gasteiger partial charge in [-0.1, -0.05) is 26.7 Å². The van der Waals surface area contributed by atoms with Gasteiger partial charge in [0.15, 0.2) is 0 Å². The first-order chi connectivity index (χ1) is 10.6. The van der Waals surface area contributed by atoms with Crippen LogP contribution in [-0.2, 0) is 9.53 Å². The lowest BCUT2D eigenvalue weighted by Crippen LogP contribution is -2.12. The molecular weight excluding hydrogens is 427 g/mol. The molecule has 0 fully saturated rings. The topological polar surface area (TPSA) is 26.3 Å². The van der Waals surface area contributed by atoms with Crippen molar-refractivity contribution in [3.8, 4) is 0 Å². The molecule has 1 atom stereocenters. The Hall–Kier alpha value is 0.120. The number of esters is 1. The van der Waals surface area contributed by atoms with E-state index in [1.807, 2.05) is 0 Å². The van der Waals surface area contributed by atoms with Crippen molar-refractivity contribution in [3.63, 3.8) is 0 Å². The van der Waals surface area contributed by atoms with Gasteiger partial charge in [-0.05, 0) is 59.4 Å². The zero-order valence-corrected chi connectivity index (χ0v) is 17.4. The highest BCUT2D eigenvalue weighted by Crippen LogP contribution is 2.28. The lowest BCUT2D eigenvalue weighted by molar-refractivity contribution is -0.144. The lowest BCUT2D eigenvalue weighted by Gasteiger charge is -2.11. The summed E-state index contributed by atoms with van der Waals surface area (Å²) >= 11 is 5.83. The number of thioether (sulfide) groups is 2. The van der Waals surface area contributed by atoms with Gasteiger partial charge in [-0.15, -0.1) is 23.5 Å². The number of unbranched alkanes of at least 4 members (excludes halogenated alkanes) is 1. The largest absolute Gasteiger partial charge is 0.465 e. The van der Waals surface area contributed by atoms with E-state index < -0.39 is 0 Å². The van der Waals surface area contributed by atoms with Gasteiger partial charge in [-0.2, -0.15) is 0 Å². The highest BCUT2D eigenvalue weighted by atomic mass is 127. The van der Waals surface area contributed by atoms with Crippen LogP contribution in [0.4, 0.5) is 0 Å². The summed E-state index contributed by atoms with van der Waals surface area (Å²) in [6, 6.07) is 6.44. The maximum absolute atomic E-state index is 11.7. The van der Waals surface area contributed by atoms with Crippen molar-refractivity contribution >= 4 is 52.1 Å². The van der Waals surface area contributed by atoms with E-state index >= 15 is 0 Å².